The molecule has 0 unspecified atom stereocenters. The van der Waals surface area contributed by atoms with E-state index in [0.29, 0.717) is 12.0 Å². The lowest BCUT2D eigenvalue weighted by molar-refractivity contribution is 0.271. The lowest BCUT2D eigenvalue weighted by atomic mass is 10.2. The topological polar surface area (TPSA) is 33.3 Å². The lowest BCUT2D eigenvalue weighted by Crippen LogP contribution is -2.28. The van der Waals surface area contributed by atoms with E-state index in [1.54, 1.807) is 0 Å². The van der Waals surface area contributed by atoms with Crippen molar-refractivity contribution in [1.29, 1.82) is 0 Å². The zero-order valence-electron chi connectivity index (χ0n) is 12.0. The van der Waals surface area contributed by atoms with Crippen molar-refractivity contribution in [2.24, 2.45) is 5.92 Å². The largest absolute Gasteiger partial charge is 0.493 e. The van der Waals surface area contributed by atoms with Gasteiger partial charge in [-0.2, -0.15) is 0 Å². The molecule has 0 saturated carbocycles. The molecule has 0 atom stereocenters. The van der Waals surface area contributed by atoms with Crippen LogP contribution in [0, 0.1) is 5.92 Å². The van der Waals surface area contributed by atoms with Crippen molar-refractivity contribution in [2.75, 3.05) is 25.0 Å². The van der Waals surface area contributed by atoms with Gasteiger partial charge in [-0.3, -0.25) is 0 Å². The first-order valence-electron chi connectivity index (χ1n) is 6.78. The first-order valence-corrected chi connectivity index (χ1v) is 6.78. The smallest absolute Gasteiger partial charge is 0.119 e. The minimum Gasteiger partial charge on any atom is -0.493 e. The molecule has 3 nitrogen and oxygen atoms in total. The normalized spacial score (nSPS) is 11.0. The van der Waals surface area contributed by atoms with E-state index in [4.69, 9.17) is 4.74 Å². The van der Waals surface area contributed by atoms with E-state index >= 15 is 0 Å². The SMILES string of the molecule is CC(C)COc1ccc(NCCNC(C)C)cc1. The van der Waals surface area contributed by atoms with Crippen LogP contribution in [-0.4, -0.2) is 25.7 Å². The fraction of sp³-hybridized carbons (Fsp3) is 0.600. The average molecular weight is 250 g/mol. The highest BCUT2D eigenvalue weighted by atomic mass is 16.5. The molecular formula is C15H26N2O. The van der Waals surface area contributed by atoms with Gasteiger partial charge in [0.15, 0.2) is 0 Å². The second kappa shape index (κ2) is 7.98. The summed E-state index contributed by atoms with van der Waals surface area (Å²) in [5.41, 5.74) is 1.14. The molecule has 0 aliphatic heterocycles. The zero-order chi connectivity index (χ0) is 13.4. The fourth-order valence-corrected chi connectivity index (χ4v) is 1.50. The highest BCUT2D eigenvalue weighted by Crippen LogP contribution is 2.16. The molecule has 2 N–H and O–H groups in total. The Bertz CT molecular complexity index is 320. The third-order valence-electron chi connectivity index (χ3n) is 2.44. The van der Waals surface area contributed by atoms with E-state index < -0.39 is 0 Å². The van der Waals surface area contributed by atoms with Crippen LogP contribution >= 0.6 is 0 Å². The van der Waals surface area contributed by atoms with Gasteiger partial charge in [0.25, 0.3) is 0 Å². The van der Waals surface area contributed by atoms with Crippen LogP contribution in [0.3, 0.4) is 0 Å². The van der Waals surface area contributed by atoms with Gasteiger partial charge in [-0.05, 0) is 30.2 Å². The third-order valence-corrected chi connectivity index (χ3v) is 2.44. The maximum Gasteiger partial charge on any atom is 0.119 e. The van der Waals surface area contributed by atoms with Crippen LogP contribution in [0.1, 0.15) is 27.7 Å². The molecular weight excluding hydrogens is 224 g/mol. The number of hydrogen-bond donors (Lipinski definition) is 2. The molecule has 0 aromatic heterocycles. The summed E-state index contributed by atoms with van der Waals surface area (Å²) in [5.74, 6) is 1.50. The number of nitrogens with one attached hydrogen (secondary N) is 2. The molecule has 0 bridgehead atoms. The molecule has 102 valence electrons. The summed E-state index contributed by atoms with van der Waals surface area (Å²) in [6, 6.07) is 8.69. The van der Waals surface area contributed by atoms with Crippen molar-refractivity contribution in [3.05, 3.63) is 24.3 Å². The molecule has 0 heterocycles. The molecule has 0 aliphatic carbocycles. The summed E-state index contributed by atoms with van der Waals surface area (Å²) in [6.45, 7) is 11.3. The van der Waals surface area contributed by atoms with Crippen molar-refractivity contribution < 1.29 is 4.74 Å². The lowest BCUT2D eigenvalue weighted by Gasteiger charge is -2.11. The van der Waals surface area contributed by atoms with Crippen molar-refractivity contribution in [3.8, 4) is 5.75 Å². The summed E-state index contributed by atoms with van der Waals surface area (Å²) in [7, 11) is 0. The highest BCUT2D eigenvalue weighted by molar-refractivity contribution is 5.46. The van der Waals surface area contributed by atoms with Gasteiger partial charge in [-0.15, -0.1) is 0 Å². The van der Waals surface area contributed by atoms with E-state index in [-0.39, 0.29) is 0 Å². The van der Waals surface area contributed by atoms with Gasteiger partial charge < -0.3 is 15.4 Å². The van der Waals surface area contributed by atoms with E-state index in [9.17, 15) is 0 Å². The Labute approximate surface area is 111 Å². The maximum absolute atomic E-state index is 5.64. The number of anilines is 1. The molecule has 0 saturated heterocycles. The van der Waals surface area contributed by atoms with Gasteiger partial charge in [-0.25, -0.2) is 0 Å². The number of ether oxygens (including phenoxy) is 1. The van der Waals surface area contributed by atoms with Crippen LogP contribution in [-0.2, 0) is 0 Å². The Morgan fingerprint density at radius 1 is 1.00 bits per heavy atom. The summed E-state index contributed by atoms with van der Waals surface area (Å²) < 4.78 is 5.64. The van der Waals surface area contributed by atoms with Gasteiger partial charge in [0.2, 0.25) is 0 Å². The third kappa shape index (κ3) is 6.50. The molecule has 18 heavy (non-hydrogen) atoms. The van der Waals surface area contributed by atoms with Crippen molar-refractivity contribution in [1.82, 2.24) is 5.32 Å². The molecule has 0 spiro atoms. The summed E-state index contributed by atoms with van der Waals surface area (Å²) >= 11 is 0. The summed E-state index contributed by atoms with van der Waals surface area (Å²) in [6.07, 6.45) is 0. The van der Waals surface area contributed by atoms with Crippen molar-refractivity contribution in [2.45, 2.75) is 33.7 Å². The Morgan fingerprint density at radius 2 is 1.67 bits per heavy atom. The van der Waals surface area contributed by atoms with Gasteiger partial charge in [-0.1, -0.05) is 27.7 Å². The van der Waals surface area contributed by atoms with Crippen LogP contribution in [0.2, 0.25) is 0 Å². The van der Waals surface area contributed by atoms with Crippen LogP contribution < -0.4 is 15.4 Å². The van der Waals surface area contributed by atoms with E-state index in [1.165, 1.54) is 0 Å². The molecule has 1 aromatic carbocycles. The number of hydrogen-bond acceptors (Lipinski definition) is 3. The van der Waals surface area contributed by atoms with Gasteiger partial charge in [0.1, 0.15) is 5.75 Å². The first-order chi connectivity index (χ1) is 8.58. The highest BCUT2D eigenvalue weighted by Gasteiger charge is 1.98. The van der Waals surface area contributed by atoms with Crippen LogP contribution in [0.25, 0.3) is 0 Å². The Balaban J connectivity index is 2.27. The fourth-order valence-electron chi connectivity index (χ4n) is 1.50. The molecule has 0 aliphatic rings. The molecule has 1 rings (SSSR count). The molecule has 0 radical (unpaired) electrons. The van der Waals surface area contributed by atoms with E-state index in [0.717, 1.165) is 31.1 Å². The first kappa shape index (κ1) is 14.8. The summed E-state index contributed by atoms with van der Waals surface area (Å²) in [4.78, 5) is 0. The second-order valence-corrected chi connectivity index (χ2v) is 5.26. The van der Waals surface area contributed by atoms with Gasteiger partial charge in [0, 0.05) is 24.8 Å². The second-order valence-electron chi connectivity index (χ2n) is 5.26. The average Bonchev–Trinajstić information content (AvgIpc) is 2.33. The van der Waals surface area contributed by atoms with Crippen molar-refractivity contribution in [3.63, 3.8) is 0 Å². The predicted octanol–water partition coefficient (Wildman–Crippen LogP) is 3.13. The Hall–Kier alpha value is -1.22. The predicted molar refractivity (Wildman–Crippen MR) is 78.4 cm³/mol. The van der Waals surface area contributed by atoms with Crippen LogP contribution in [0.5, 0.6) is 5.75 Å². The molecule has 0 amide bonds. The zero-order valence-corrected chi connectivity index (χ0v) is 12.0. The minimum absolute atomic E-state index is 0.540. The molecule has 0 fully saturated rings. The minimum atomic E-state index is 0.540. The van der Waals surface area contributed by atoms with Gasteiger partial charge in [0.05, 0.1) is 6.61 Å². The quantitative estimate of drug-likeness (QED) is 0.695. The molecule has 1 aromatic rings. The van der Waals surface area contributed by atoms with Crippen molar-refractivity contribution >= 4 is 5.69 Å². The maximum atomic E-state index is 5.64. The number of benzene rings is 1. The van der Waals surface area contributed by atoms with Crippen LogP contribution in [0.15, 0.2) is 24.3 Å². The van der Waals surface area contributed by atoms with Crippen LogP contribution in [0.4, 0.5) is 5.69 Å². The van der Waals surface area contributed by atoms with E-state index in [1.807, 2.05) is 12.1 Å². The van der Waals surface area contributed by atoms with Gasteiger partial charge >= 0.3 is 0 Å². The Kier molecular flexibility index (Phi) is 6.58. The standard InChI is InChI=1S/C15H26N2O/c1-12(2)11-18-15-7-5-14(6-8-15)17-10-9-16-13(3)4/h5-8,12-13,16-17H,9-11H2,1-4H3. The molecule has 3 heteroatoms. The summed E-state index contributed by atoms with van der Waals surface area (Å²) in [5, 5.41) is 6.75. The monoisotopic (exact) mass is 250 g/mol. The Morgan fingerprint density at radius 3 is 2.22 bits per heavy atom. The van der Waals surface area contributed by atoms with E-state index in [2.05, 4.69) is 50.5 Å². The number of rotatable bonds is 8.